The average Bonchev–Trinajstić information content (AvgIpc) is 3.21. The van der Waals surface area contributed by atoms with Crippen LogP contribution >= 0.6 is 11.6 Å². The molecule has 0 saturated carbocycles. The van der Waals surface area contributed by atoms with Crippen molar-refractivity contribution in [2.45, 2.75) is 40.2 Å². The minimum absolute atomic E-state index is 0.533. The molecule has 0 saturated heterocycles. The Morgan fingerprint density at radius 1 is 1.10 bits per heavy atom. The van der Waals surface area contributed by atoms with Crippen molar-refractivity contribution in [1.82, 2.24) is 19.1 Å². The molecule has 146 valence electrons. The first-order valence-corrected chi connectivity index (χ1v) is 10.1. The smallest absolute Gasteiger partial charge is 0.160 e. The summed E-state index contributed by atoms with van der Waals surface area (Å²) in [4.78, 5) is 9.43. The van der Waals surface area contributed by atoms with E-state index in [0.717, 1.165) is 52.2 Å². The van der Waals surface area contributed by atoms with Crippen molar-refractivity contribution in [3.05, 3.63) is 76.0 Å². The fourth-order valence-electron chi connectivity index (χ4n) is 3.64. The lowest BCUT2D eigenvalue weighted by Crippen LogP contribution is -2.06. The van der Waals surface area contributed by atoms with Crippen molar-refractivity contribution >= 4 is 22.8 Å². The van der Waals surface area contributed by atoms with Gasteiger partial charge in [0.1, 0.15) is 28.3 Å². The average molecular weight is 404 g/mol. The lowest BCUT2D eigenvalue weighted by Gasteiger charge is -2.11. The maximum Gasteiger partial charge on any atom is 0.160 e. The van der Waals surface area contributed by atoms with Crippen LogP contribution in [0.5, 0.6) is 0 Å². The Labute approximate surface area is 175 Å². The monoisotopic (exact) mass is 403 g/mol. The molecule has 0 fully saturated rings. The Balaban J connectivity index is 1.71. The van der Waals surface area contributed by atoms with Crippen molar-refractivity contribution in [3.8, 4) is 11.8 Å². The van der Waals surface area contributed by atoms with Gasteiger partial charge in [-0.25, -0.2) is 9.97 Å². The summed E-state index contributed by atoms with van der Waals surface area (Å²) in [6.45, 7) is 6.84. The zero-order chi connectivity index (χ0) is 20.5. The van der Waals surface area contributed by atoms with Gasteiger partial charge in [0.25, 0.3) is 0 Å². The van der Waals surface area contributed by atoms with E-state index < -0.39 is 0 Å². The van der Waals surface area contributed by atoms with E-state index in [2.05, 4.69) is 41.6 Å². The molecule has 0 amide bonds. The number of nitriles is 1. The van der Waals surface area contributed by atoms with Crippen LogP contribution in [-0.4, -0.2) is 19.1 Å². The number of aryl methyl sites for hydroxylation is 3. The summed E-state index contributed by atoms with van der Waals surface area (Å²) in [5.41, 5.74) is 6.49. The number of nitrogens with zero attached hydrogens (tertiary/aromatic N) is 5. The second kappa shape index (κ2) is 7.73. The second-order valence-electron chi connectivity index (χ2n) is 7.28. The minimum atomic E-state index is 0.533. The van der Waals surface area contributed by atoms with Gasteiger partial charge in [0.15, 0.2) is 5.65 Å². The molecule has 0 radical (unpaired) electrons. The second-order valence-corrected chi connectivity index (χ2v) is 7.64. The molecule has 0 aliphatic heterocycles. The molecule has 29 heavy (non-hydrogen) atoms. The fourth-order valence-corrected chi connectivity index (χ4v) is 3.89. The summed E-state index contributed by atoms with van der Waals surface area (Å²) < 4.78 is 3.98. The van der Waals surface area contributed by atoms with Crippen molar-refractivity contribution in [2.75, 3.05) is 0 Å². The highest BCUT2D eigenvalue weighted by molar-refractivity contribution is 6.30. The molecular formula is C23H22ClN5. The van der Waals surface area contributed by atoms with Gasteiger partial charge in [0.2, 0.25) is 0 Å². The van der Waals surface area contributed by atoms with Crippen LogP contribution in [-0.2, 0) is 13.0 Å². The van der Waals surface area contributed by atoms with E-state index in [1.165, 1.54) is 0 Å². The molecule has 0 unspecified atom stereocenters. The van der Waals surface area contributed by atoms with Crippen LogP contribution in [0.2, 0.25) is 5.15 Å². The number of aromatic nitrogens is 4. The van der Waals surface area contributed by atoms with Crippen LogP contribution in [0.1, 0.15) is 41.6 Å². The summed E-state index contributed by atoms with van der Waals surface area (Å²) in [5, 5.41) is 9.97. The normalized spacial score (nSPS) is 11.1. The highest BCUT2D eigenvalue weighted by Crippen LogP contribution is 2.26. The number of halogens is 1. The molecule has 4 aromatic rings. The van der Waals surface area contributed by atoms with Gasteiger partial charge in [-0.05, 0) is 61.2 Å². The predicted molar refractivity (Wildman–Crippen MR) is 116 cm³/mol. The number of pyridine rings is 1. The van der Waals surface area contributed by atoms with E-state index in [-0.39, 0.29) is 0 Å². The van der Waals surface area contributed by atoms with Crippen LogP contribution in [0, 0.1) is 25.2 Å². The van der Waals surface area contributed by atoms with Crippen LogP contribution in [0.3, 0.4) is 0 Å². The predicted octanol–water partition coefficient (Wildman–Crippen LogP) is 5.36. The summed E-state index contributed by atoms with van der Waals surface area (Å²) in [7, 11) is 0. The number of rotatable bonds is 5. The van der Waals surface area contributed by atoms with Gasteiger partial charge < -0.3 is 4.57 Å². The third-order valence-electron chi connectivity index (χ3n) is 5.15. The molecule has 5 nitrogen and oxygen atoms in total. The van der Waals surface area contributed by atoms with Crippen LogP contribution in [0.15, 0.2) is 42.6 Å². The molecule has 3 aromatic heterocycles. The summed E-state index contributed by atoms with van der Waals surface area (Å²) in [5.74, 6) is 1.06. The SMILES string of the molecule is CCCc1nc2c(C)ccnc2n1Cc1ccc(-n2c(C#N)cc(C)c2Cl)cc1. The number of benzene rings is 1. The highest BCUT2D eigenvalue weighted by atomic mass is 35.5. The number of fused-ring (bicyclic) bond motifs is 1. The largest absolute Gasteiger partial charge is 0.308 e. The van der Waals surface area contributed by atoms with Gasteiger partial charge in [-0.2, -0.15) is 5.26 Å². The fraction of sp³-hybridized carbons (Fsp3) is 0.261. The third kappa shape index (κ3) is 3.41. The Morgan fingerprint density at radius 3 is 2.55 bits per heavy atom. The summed E-state index contributed by atoms with van der Waals surface area (Å²) in [6.07, 6.45) is 3.79. The minimum Gasteiger partial charge on any atom is -0.308 e. The van der Waals surface area contributed by atoms with E-state index in [4.69, 9.17) is 16.6 Å². The molecule has 6 heteroatoms. The Morgan fingerprint density at radius 2 is 1.86 bits per heavy atom. The van der Waals surface area contributed by atoms with E-state index in [0.29, 0.717) is 17.4 Å². The molecule has 4 rings (SSSR count). The molecule has 0 atom stereocenters. The van der Waals surface area contributed by atoms with Gasteiger partial charge in [-0.1, -0.05) is 30.7 Å². The van der Waals surface area contributed by atoms with Crippen LogP contribution < -0.4 is 0 Å². The standard InChI is InChI=1S/C23H22ClN5/c1-4-5-20-27-21-15(2)10-11-26-23(21)28(20)14-17-6-8-18(9-7-17)29-19(13-25)12-16(3)22(29)24/h6-12H,4-5,14H2,1-3H3. The molecule has 1 aromatic carbocycles. The van der Waals surface area contributed by atoms with E-state index in [1.807, 2.05) is 31.3 Å². The maximum atomic E-state index is 9.40. The van der Waals surface area contributed by atoms with E-state index >= 15 is 0 Å². The van der Waals surface area contributed by atoms with Crippen molar-refractivity contribution in [3.63, 3.8) is 0 Å². The summed E-state index contributed by atoms with van der Waals surface area (Å²) >= 11 is 6.41. The Bertz CT molecular complexity index is 1230. The first kappa shape index (κ1) is 19.2. The van der Waals surface area contributed by atoms with Gasteiger partial charge in [-0.15, -0.1) is 0 Å². The highest BCUT2D eigenvalue weighted by Gasteiger charge is 2.15. The Hall–Kier alpha value is -3.10. The van der Waals surface area contributed by atoms with E-state index in [1.54, 1.807) is 10.6 Å². The molecule has 0 aliphatic carbocycles. The van der Waals surface area contributed by atoms with Crippen molar-refractivity contribution < 1.29 is 0 Å². The lowest BCUT2D eigenvalue weighted by molar-refractivity contribution is 0.716. The molecule has 0 aliphatic rings. The van der Waals surface area contributed by atoms with Crippen molar-refractivity contribution in [2.24, 2.45) is 0 Å². The molecule has 0 N–H and O–H groups in total. The summed E-state index contributed by atoms with van der Waals surface area (Å²) in [6, 6.07) is 14.2. The molecule has 0 spiro atoms. The number of hydrogen-bond acceptors (Lipinski definition) is 3. The van der Waals surface area contributed by atoms with Gasteiger partial charge in [0, 0.05) is 18.3 Å². The first-order valence-electron chi connectivity index (χ1n) is 9.71. The molecule has 3 heterocycles. The van der Waals surface area contributed by atoms with Gasteiger partial charge >= 0.3 is 0 Å². The third-order valence-corrected chi connectivity index (χ3v) is 5.62. The zero-order valence-electron chi connectivity index (χ0n) is 16.8. The topological polar surface area (TPSA) is 59.4 Å². The number of imidazole rings is 1. The maximum absolute atomic E-state index is 9.40. The first-order chi connectivity index (χ1) is 14.0. The van der Waals surface area contributed by atoms with Crippen LogP contribution in [0.4, 0.5) is 0 Å². The van der Waals surface area contributed by atoms with Crippen molar-refractivity contribution in [1.29, 1.82) is 5.26 Å². The van der Waals surface area contributed by atoms with Gasteiger partial charge in [0.05, 0.1) is 6.54 Å². The number of hydrogen-bond donors (Lipinski definition) is 0. The Kier molecular flexibility index (Phi) is 5.12. The lowest BCUT2D eigenvalue weighted by atomic mass is 10.2. The zero-order valence-corrected chi connectivity index (χ0v) is 17.5. The molecular weight excluding hydrogens is 382 g/mol. The quantitative estimate of drug-likeness (QED) is 0.450. The van der Waals surface area contributed by atoms with Crippen LogP contribution in [0.25, 0.3) is 16.9 Å². The van der Waals surface area contributed by atoms with E-state index in [9.17, 15) is 5.26 Å². The molecule has 0 bridgehead atoms. The van der Waals surface area contributed by atoms with Gasteiger partial charge in [-0.3, -0.25) is 4.57 Å².